The fraction of sp³-hybridized carbons (Fsp3) is 0.214. The van der Waals surface area contributed by atoms with Crippen molar-refractivity contribution in [2.75, 3.05) is 13.2 Å². The number of furan rings is 1. The van der Waals surface area contributed by atoms with Gasteiger partial charge in [-0.3, -0.25) is 0 Å². The van der Waals surface area contributed by atoms with E-state index in [1.165, 1.54) is 18.4 Å². The van der Waals surface area contributed by atoms with Crippen LogP contribution in [0.2, 0.25) is 5.02 Å². The quantitative estimate of drug-likeness (QED) is 0.905. The summed E-state index contributed by atoms with van der Waals surface area (Å²) < 4.78 is 15.9. The van der Waals surface area contributed by atoms with Crippen molar-refractivity contribution >= 4 is 17.6 Å². The van der Waals surface area contributed by atoms with Crippen molar-refractivity contribution in [2.24, 2.45) is 0 Å². The van der Waals surface area contributed by atoms with Gasteiger partial charge in [-0.1, -0.05) is 11.6 Å². The third kappa shape index (κ3) is 2.43. The van der Waals surface area contributed by atoms with Crippen LogP contribution in [0.25, 0.3) is 0 Å². The summed E-state index contributed by atoms with van der Waals surface area (Å²) in [4.78, 5) is 11.1. The smallest absolute Gasteiger partial charge is 0.339 e. The van der Waals surface area contributed by atoms with Gasteiger partial charge in [-0.05, 0) is 23.8 Å². The molecule has 0 bridgehead atoms. The lowest BCUT2D eigenvalue weighted by atomic mass is 10.0. The summed E-state index contributed by atoms with van der Waals surface area (Å²) in [6, 6.07) is 4.33. The first kappa shape index (κ1) is 13.8. The minimum absolute atomic E-state index is 0.0600. The first-order valence-electron chi connectivity index (χ1n) is 6.15. The number of hydrogen-bond acceptors (Lipinski definition) is 5. The number of aromatic carboxylic acids is 1. The molecule has 21 heavy (non-hydrogen) atoms. The number of ether oxygens (including phenoxy) is 2. The van der Waals surface area contributed by atoms with Gasteiger partial charge in [0.25, 0.3) is 0 Å². The van der Waals surface area contributed by atoms with Crippen LogP contribution in [-0.4, -0.2) is 29.4 Å². The van der Waals surface area contributed by atoms with E-state index in [-0.39, 0.29) is 16.3 Å². The van der Waals surface area contributed by atoms with Gasteiger partial charge >= 0.3 is 5.97 Å². The Labute approximate surface area is 124 Å². The SMILES string of the molecule is O=C(O)c1ccoc1C(O)c1cc(Cl)c2c(c1)OCCO2. The maximum absolute atomic E-state index is 11.1. The Morgan fingerprint density at radius 2 is 2.05 bits per heavy atom. The molecule has 0 saturated carbocycles. The minimum atomic E-state index is -1.26. The Kier molecular flexibility index (Phi) is 3.48. The second-order valence-corrected chi connectivity index (χ2v) is 4.84. The van der Waals surface area contributed by atoms with E-state index in [2.05, 4.69) is 0 Å². The monoisotopic (exact) mass is 310 g/mol. The van der Waals surface area contributed by atoms with Crippen LogP contribution < -0.4 is 9.47 Å². The average molecular weight is 311 g/mol. The summed E-state index contributed by atoms with van der Waals surface area (Å²) in [6.07, 6.45) is -0.0545. The van der Waals surface area contributed by atoms with Gasteiger partial charge in [-0.2, -0.15) is 0 Å². The second-order valence-electron chi connectivity index (χ2n) is 4.43. The van der Waals surface area contributed by atoms with Gasteiger partial charge < -0.3 is 24.1 Å². The molecule has 0 aliphatic carbocycles. The highest BCUT2D eigenvalue weighted by Crippen LogP contribution is 2.41. The highest BCUT2D eigenvalue weighted by atomic mass is 35.5. The number of carboxylic acid groups (broad SMARTS) is 1. The molecule has 1 aromatic heterocycles. The number of carboxylic acids is 1. The fourth-order valence-electron chi connectivity index (χ4n) is 2.15. The van der Waals surface area contributed by atoms with Crippen LogP contribution in [0.15, 0.2) is 28.9 Å². The Morgan fingerprint density at radius 3 is 2.81 bits per heavy atom. The number of aliphatic hydroxyl groups excluding tert-OH is 1. The molecule has 2 heterocycles. The Bertz CT molecular complexity index is 693. The lowest BCUT2D eigenvalue weighted by Crippen LogP contribution is -2.16. The highest BCUT2D eigenvalue weighted by Gasteiger charge is 2.25. The molecule has 0 fully saturated rings. The van der Waals surface area contributed by atoms with E-state index in [0.717, 1.165) is 0 Å². The topological polar surface area (TPSA) is 89.1 Å². The molecule has 0 spiro atoms. The van der Waals surface area contributed by atoms with E-state index in [9.17, 15) is 9.90 Å². The molecule has 2 aromatic rings. The minimum Gasteiger partial charge on any atom is -0.486 e. The average Bonchev–Trinajstić information content (AvgIpc) is 2.96. The molecule has 1 unspecified atom stereocenters. The first-order valence-corrected chi connectivity index (χ1v) is 6.53. The molecule has 6 nitrogen and oxygen atoms in total. The summed E-state index contributed by atoms with van der Waals surface area (Å²) in [6.45, 7) is 0.778. The molecule has 110 valence electrons. The van der Waals surface area contributed by atoms with E-state index >= 15 is 0 Å². The predicted octanol–water partition coefficient (Wildman–Crippen LogP) is 2.48. The second kappa shape index (κ2) is 5.31. The van der Waals surface area contributed by atoms with Crippen LogP contribution in [0.5, 0.6) is 11.5 Å². The molecule has 1 aliphatic rings. The van der Waals surface area contributed by atoms with Gasteiger partial charge in [0.05, 0.1) is 11.3 Å². The van der Waals surface area contributed by atoms with Crippen LogP contribution in [0.3, 0.4) is 0 Å². The number of aliphatic hydroxyl groups is 1. The Hall–Kier alpha value is -2.18. The number of rotatable bonds is 3. The number of fused-ring (bicyclic) bond motifs is 1. The van der Waals surface area contributed by atoms with E-state index in [4.69, 9.17) is 30.6 Å². The predicted molar refractivity (Wildman–Crippen MR) is 72.2 cm³/mol. The molecule has 3 rings (SSSR count). The zero-order valence-electron chi connectivity index (χ0n) is 10.7. The number of hydrogen-bond donors (Lipinski definition) is 2. The van der Waals surface area contributed by atoms with Crippen LogP contribution in [0, 0.1) is 0 Å². The molecule has 1 aliphatic heterocycles. The molecule has 0 amide bonds. The number of benzene rings is 1. The van der Waals surface area contributed by atoms with Crippen LogP contribution in [0.1, 0.15) is 27.8 Å². The largest absolute Gasteiger partial charge is 0.486 e. The Balaban J connectivity index is 2.02. The van der Waals surface area contributed by atoms with Crippen molar-refractivity contribution in [3.63, 3.8) is 0 Å². The Morgan fingerprint density at radius 1 is 1.29 bits per heavy atom. The number of halogens is 1. The van der Waals surface area contributed by atoms with Crippen molar-refractivity contribution in [2.45, 2.75) is 6.10 Å². The first-order chi connectivity index (χ1) is 10.1. The molecular formula is C14H11ClO6. The van der Waals surface area contributed by atoms with Gasteiger partial charge in [0.2, 0.25) is 0 Å². The van der Waals surface area contributed by atoms with Crippen molar-refractivity contribution in [3.05, 3.63) is 46.4 Å². The van der Waals surface area contributed by atoms with Gasteiger partial charge in [0, 0.05) is 0 Å². The maximum atomic E-state index is 11.1. The maximum Gasteiger partial charge on any atom is 0.339 e. The van der Waals surface area contributed by atoms with Crippen LogP contribution in [0.4, 0.5) is 0 Å². The number of carbonyl (C=O) groups is 1. The van der Waals surface area contributed by atoms with Gasteiger partial charge in [-0.25, -0.2) is 4.79 Å². The summed E-state index contributed by atoms with van der Waals surface area (Å²) in [7, 11) is 0. The third-order valence-electron chi connectivity index (χ3n) is 3.11. The molecule has 0 radical (unpaired) electrons. The van der Waals surface area contributed by atoms with Gasteiger partial charge in [0.15, 0.2) is 17.3 Å². The summed E-state index contributed by atoms with van der Waals surface area (Å²) in [5, 5.41) is 19.7. The summed E-state index contributed by atoms with van der Waals surface area (Å²) >= 11 is 6.09. The van der Waals surface area contributed by atoms with E-state index < -0.39 is 12.1 Å². The van der Waals surface area contributed by atoms with Crippen LogP contribution >= 0.6 is 11.6 Å². The molecule has 2 N–H and O–H groups in total. The fourth-order valence-corrected chi connectivity index (χ4v) is 2.42. The molecule has 1 atom stereocenters. The van der Waals surface area contributed by atoms with E-state index in [0.29, 0.717) is 30.3 Å². The lowest BCUT2D eigenvalue weighted by Gasteiger charge is -2.21. The highest BCUT2D eigenvalue weighted by molar-refractivity contribution is 6.32. The zero-order chi connectivity index (χ0) is 15.0. The molecular weight excluding hydrogens is 300 g/mol. The van der Waals surface area contributed by atoms with E-state index in [1.54, 1.807) is 6.07 Å². The van der Waals surface area contributed by atoms with Gasteiger partial charge in [-0.15, -0.1) is 0 Å². The third-order valence-corrected chi connectivity index (χ3v) is 3.39. The van der Waals surface area contributed by atoms with Crippen LogP contribution in [-0.2, 0) is 0 Å². The standard InChI is InChI=1S/C14H11ClO6/c15-9-5-7(6-10-13(9)21-4-3-19-10)11(16)12-8(14(17)18)1-2-20-12/h1-2,5-6,11,16H,3-4H2,(H,17,18). The lowest BCUT2D eigenvalue weighted by molar-refractivity contribution is 0.0687. The molecule has 1 aromatic carbocycles. The van der Waals surface area contributed by atoms with Crippen molar-refractivity contribution in [1.29, 1.82) is 0 Å². The van der Waals surface area contributed by atoms with E-state index in [1.807, 2.05) is 0 Å². The van der Waals surface area contributed by atoms with Gasteiger partial charge in [0.1, 0.15) is 24.9 Å². The normalized spacial score (nSPS) is 14.8. The molecule has 7 heteroatoms. The van der Waals surface area contributed by atoms with Crippen molar-refractivity contribution < 1.29 is 28.9 Å². The van der Waals surface area contributed by atoms with Crippen molar-refractivity contribution in [3.8, 4) is 11.5 Å². The molecule has 0 saturated heterocycles. The summed E-state index contributed by atoms with van der Waals surface area (Å²) in [5.41, 5.74) is 0.259. The summed E-state index contributed by atoms with van der Waals surface area (Å²) in [5.74, 6) is -0.417. The van der Waals surface area contributed by atoms with Crippen molar-refractivity contribution in [1.82, 2.24) is 0 Å². The zero-order valence-corrected chi connectivity index (χ0v) is 11.5.